The lowest BCUT2D eigenvalue weighted by Gasteiger charge is -2.36. The highest BCUT2D eigenvalue weighted by atomic mass is 35.5. The molecule has 1 aromatic rings. The van der Waals surface area contributed by atoms with Crippen LogP contribution >= 0.6 is 11.6 Å². The second kappa shape index (κ2) is 7.02. The van der Waals surface area contributed by atoms with Gasteiger partial charge in [-0.2, -0.15) is 4.31 Å². The molecule has 2 heterocycles. The van der Waals surface area contributed by atoms with Crippen LogP contribution in [-0.2, 0) is 10.0 Å². The Morgan fingerprint density at radius 2 is 1.92 bits per heavy atom. The van der Waals surface area contributed by atoms with Crippen molar-refractivity contribution in [1.82, 2.24) is 14.5 Å². The van der Waals surface area contributed by atoms with Gasteiger partial charge in [-0.15, -0.1) is 0 Å². The molecule has 1 aromatic carbocycles. The van der Waals surface area contributed by atoms with Crippen molar-refractivity contribution in [3.8, 4) is 0 Å². The van der Waals surface area contributed by atoms with Crippen molar-refractivity contribution in [1.29, 1.82) is 0 Å². The van der Waals surface area contributed by atoms with E-state index >= 15 is 0 Å². The quantitative estimate of drug-likeness (QED) is 0.851. The third-order valence-corrected chi connectivity index (χ3v) is 7.88. The topological polar surface area (TPSA) is 69.7 Å². The van der Waals surface area contributed by atoms with Crippen LogP contribution in [0.4, 0.5) is 4.79 Å². The molecule has 3 fully saturated rings. The monoisotopic (exact) mass is 397 g/mol. The van der Waals surface area contributed by atoms with Gasteiger partial charge in [0.25, 0.3) is 0 Å². The van der Waals surface area contributed by atoms with E-state index in [0.717, 1.165) is 19.3 Å². The van der Waals surface area contributed by atoms with Crippen molar-refractivity contribution in [2.75, 3.05) is 25.4 Å². The fraction of sp³-hybridized carbons (Fsp3) is 0.611. The Balaban J connectivity index is 1.33. The van der Waals surface area contributed by atoms with Crippen molar-refractivity contribution < 1.29 is 13.2 Å². The molecule has 2 amide bonds. The van der Waals surface area contributed by atoms with Crippen LogP contribution < -0.4 is 5.32 Å². The number of sulfonamides is 1. The number of urea groups is 1. The van der Waals surface area contributed by atoms with Gasteiger partial charge in [-0.05, 0) is 43.4 Å². The summed E-state index contributed by atoms with van der Waals surface area (Å²) in [5, 5.41) is 3.82. The van der Waals surface area contributed by atoms with Gasteiger partial charge >= 0.3 is 6.03 Å². The smallest absolute Gasteiger partial charge is 0.317 e. The summed E-state index contributed by atoms with van der Waals surface area (Å²) in [5.41, 5.74) is 1.19. The minimum absolute atomic E-state index is 0.0757. The van der Waals surface area contributed by atoms with Crippen molar-refractivity contribution in [3.63, 3.8) is 0 Å². The number of hydrogen-bond acceptors (Lipinski definition) is 3. The van der Waals surface area contributed by atoms with E-state index in [2.05, 4.69) is 5.32 Å². The number of piperidine rings is 1. The summed E-state index contributed by atoms with van der Waals surface area (Å²) in [6.07, 6.45) is 3.30. The molecule has 142 valence electrons. The number of nitrogens with zero attached hydrogens (tertiary/aromatic N) is 2. The van der Waals surface area contributed by atoms with Crippen LogP contribution in [0, 0.1) is 0 Å². The molecule has 1 unspecified atom stereocenters. The van der Waals surface area contributed by atoms with Crippen LogP contribution in [0.15, 0.2) is 24.3 Å². The van der Waals surface area contributed by atoms with Gasteiger partial charge in [-0.3, -0.25) is 0 Å². The molecule has 0 radical (unpaired) electrons. The predicted octanol–water partition coefficient (Wildman–Crippen LogP) is 2.41. The Kier molecular flexibility index (Phi) is 4.88. The number of carbonyl (C=O) groups excluding carboxylic acids is 1. The number of benzene rings is 1. The second-order valence-electron chi connectivity index (χ2n) is 7.47. The lowest BCUT2D eigenvalue weighted by Crippen LogP contribution is -2.53. The maximum absolute atomic E-state index is 12.6. The minimum Gasteiger partial charge on any atom is -0.335 e. The van der Waals surface area contributed by atoms with E-state index in [9.17, 15) is 13.2 Å². The van der Waals surface area contributed by atoms with E-state index in [1.54, 1.807) is 9.21 Å². The molecule has 0 aromatic heterocycles. The first-order valence-corrected chi connectivity index (χ1v) is 11.2. The predicted molar refractivity (Wildman–Crippen MR) is 101 cm³/mol. The summed E-state index contributed by atoms with van der Waals surface area (Å²) in [6, 6.07) is 7.77. The van der Waals surface area contributed by atoms with Crippen molar-refractivity contribution >= 4 is 27.7 Å². The Morgan fingerprint density at radius 3 is 2.62 bits per heavy atom. The van der Waals surface area contributed by atoms with Gasteiger partial charge in [-0.25, -0.2) is 13.2 Å². The second-order valence-corrected chi connectivity index (χ2v) is 9.95. The summed E-state index contributed by atoms with van der Waals surface area (Å²) < 4.78 is 25.9. The molecule has 1 N–H and O–H groups in total. The normalized spacial score (nSPS) is 31.0. The molecule has 0 bridgehead atoms. The van der Waals surface area contributed by atoms with E-state index in [0.29, 0.717) is 37.0 Å². The zero-order valence-corrected chi connectivity index (χ0v) is 16.2. The van der Waals surface area contributed by atoms with E-state index in [-0.39, 0.29) is 23.9 Å². The van der Waals surface area contributed by atoms with Crippen LogP contribution in [0.25, 0.3) is 0 Å². The summed E-state index contributed by atoms with van der Waals surface area (Å²) in [7, 11) is -3.13. The largest absolute Gasteiger partial charge is 0.335 e. The molecule has 3 aliphatic rings. The molecular weight excluding hydrogens is 374 g/mol. The van der Waals surface area contributed by atoms with Crippen molar-refractivity contribution in [2.24, 2.45) is 0 Å². The highest BCUT2D eigenvalue weighted by Crippen LogP contribution is 2.41. The third kappa shape index (κ3) is 3.70. The standard InChI is InChI=1S/C18H24ClN3O3S/c19-14-6-4-13(5-7-14)16-11-17(16)20-18(23)21-8-1-3-15(12-21)22-9-2-10-26(22,24)25/h4-7,15-17H,1-3,8-12H2,(H,20,23)/t15?,16-,17+/m0/s1. The van der Waals surface area contributed by atoms with Gasteiger partial charge in [0.05, 0.1) is 5.75 Å². The van der Waals surface area contributed by atoms with E-state index < -0.39 is 10.0 Å². The third-order valence-electron chi connectivity index (χ3n) is 5.63. The Morgan fingerprint density at radius 1 is 1.15 bits per heavy atom. The summed E-state index contributed by atoms with van der Waals surface area (Å²) >= 11 is 5.92. The van der Waals surface area contributed by atoms with Gasteiger partial charge in [0.1, 0.15) is 0 Å². The Labute approximate surface area is 159 Å². The first-order valence-electron chi connectivity index (χ1n) is 9.24. The first-order chi connectivity index (χ1) is 12.4. The molecule has 1 saturated carbocycles. The average molecular weight is 398 g/mol. The lowest BCUT2D eigenvalue weighted by atomic mass is 10.1. The summed E-state index contributed by atoms with van der Waals surface area (Å²) in [6.45, 7) is 1.77. The number of nitrogens with one attached hydrogen (secondary N) is 1. The SMILES string of the molecule is O=C(N[C@@H]1C[C@H]1c1ccc(Cl)cc1)N1CCCC(N2CCCS2(=O)=O)C1. The molecule has 1 aliphatic carbocycles. The number of hydrogen-bond donors (Lipinski definition) is 1. The fourth-order valence-electron chi connectivity index (χ4n) is 4.13. The van der Waals surface area contributed by atoms with Gasteiger partial charge in [-0.1, -0.05) is 23.7 Å². The van der Waals surface area contributed by atoms with Crippen LogP contribution in [0.2, 0.25) is 5.02 Å². The van der Waals surface area contributed by atoms with Crippen LogP contribution in [0.5, 0.6) is 0 Å². The van der Waals surface area contributed by atoms with E-state index in [4.69, 9.17) is 11.6 Å². The molecule has 2 saturated heterocycles. The van der Waals surface area contributed by atoms with Gasteiger partial charge < -0.3 is 10.2 Å². The molecule has 0 spiro atoms. The van der Waals surface area contributed by atoms with Gasteiger partial charge in [0.15, 0.2) is 0 Å². The maximum atomic E-state index is 12.6. The number of halogens is 1. The van der Waals surface area contributed by atoms with Gasteiger partial charge in [0.2, 0.25) is 10.0 Å². The van der Waals surface area contributed by atoms with Gasteiger partial charge in [0, 0.05) is 42.7 Å². The van der Waals surface area contributed by atoms with Crippen LogP contribution in [0.1, 0.15) is 37.2 Å². The zero-order chi connectivity index (χ0) is 18.3. The molecule has 6 nitrogen and oxygen atoms in total. The molecule has 26 heavy (non-hydrogen) atoms. The van der Waals surface area contributed by atoms with Crippen LogP contribution in [-0.4, -0.2) is 61.1 Å². The number of likely N-dealkylation sites (tertiary alicyclic amines) is 1. The Bertz CT molecular complexity index is 783. The van der Waals surface area contributed by atoms with Crippen LogP contribution in [0.3, 0.4) is 0 Å². The maximum Gasteiger partial charge on any atom is 0.317 e. The minimum atomic E-state index is -3.13. The molecular formula is C18H24ClN3O3S. The first kappa shape index (κ1) is 18.1. The Hall–Kier alpha value is -1.31. The molecule has 8 heteroatoms. The number of rotatable bonds is 3. The average Bonchev–Trinajstić information content (AvgIpc) is 3.28. The zero-order valence-electron chi connectivity index (χ0n) is 14.6. The highest BCUT2D eigenvalue weighted by Gasteiger charge is 2.42. The molecule has 3 atom stereocenters. The van der Waals surface area contributed by atoms with E-state index in [1.165, 1.54) is 5.56 Å². The van der Waals surface area contributed by atoms with Crippen molar-refractivity contribution in [3.05, 3.63) is 34.9 Å². The van der Waals surface area contributed by atoms with E-state index in [1.807, 2.05) is 24.3 Å². The molecule has 4 rings (SSSR count). The fourth-order valence-corrected chi connectivity index (χ4v) is 6.01. The summed E-state index contributed by atoms with van der Waals surface area (Å²) in [4.78, 5) is 14.4. The van der Waals surface area contributed by atoms with Crippen molar-refractivity contribution in [2.45, 2.75) is 43.7 Å². The highest BCUT2D eigenvalue weighted by molar-refractivity contribution is 7.89. The number of carbonyl (C=O) groups is 1. The number of amides is 2. The summed E-state index contributed by atoms with van der Waals surface area (Å²) in [5.74, 6) is 0.580. The lowest BCUT2D eigenvalue weighted by molar-refractivity contribution is 0.152. The molecule has 2 aliphatic heterocycles.